The van der Waals surface area contributed by atoms with Crippen LogP contribution in [0, 0.1) is 0 Å². The van der Waals surface area contributed by atoms with Crippen LogP contribution in [0.1, 0.15) is 0 Å². The van der Waals surface area contributed by atoms with Gasteiger partial charge in [-0.15, -0.1) is 0 Å². The summed E-state index contributed by atoms with van der Waals surface area (Å²) in [5, 5.41) is 12.2. The summed E-state index contributed by atoms with van der Waals surface area (Å²) >= 11 is 0. The van der Waals surface area contributed by atoms with E-state index >= 15 is 0 Å². The lowest BCUT2D eigenvalue weighted by molar-refractivity contribution is 0.476. The van der Waals surface area contributed by atoms with E-state index < -0.39 is 0 Å². The molecule has 0 saturated carbocycles. The predicted molar refractivity (Wildman–Crippen MR) is 205 cm³/mol. The van der Waals surface area contributed by atoms with Crippen LogP contribution in [0.2, 0.25) is 0 Å². The van der Waals surface area contributed by atoms with E-state index in [1.54, 1.807) is 0 Å². The molecule has 9 rings (SSSR count). The molecule has 0 aliphatic heterocycles. The summed E-state index contributed by atoms with van der Waals surface area (Å²) in [6.45, 7) is 0. The third-order valence-electron chi connectivity index (χ3n) is 8.86. The number of aromatic nitrogens is 5. The highest BCUT2D eigenvalue weighted by molar-refractivity contribution is 5.88. The van der Waals surface area contributed by atoms with Crippen molar-refractivity contribution in [1.29, 1.82) is 0 Å². The second kappa shape index (κ2) is 13.2. The number of para-hydroxylation sites is 2. The van der Waals surface area contributed by atoms with Gasteiger partial charge in [0.2, 0.25) is 5.89 Å². The maximum Gasteiger partial charge on any atom is 0.231 e. The Labute approximate surface area is 299 Å². The van der Waals surface area contributed by atoms with E-state index in [0.29, 0.717) is 45.3 Å². The van der Waals surface area contributed by atoms with E-state index in [4.69, 9.17) is 29.3 Å². The molecule has 0 aliphatic carbocycles. The van der Waals surface area contributed by atoms with Crippen LogP contribution in [0.5, 0.6) is 5.75 Å². The number of hydrogen-bond donors (Lipinski definition) is 1. The molecule has 9 aromatic rings. The maximum absolute atomic E-state index is 12.2. The fourth-order valence-corrected chi connectivity index (χ4v) is 6.25. The molecular weight excluding hydrogens is 643 g/mol. The van der Waals surface area contributed by atoms with E-state index in [9.17, 15) is 5.11 Å². The summed E-state index contributed by atoms with van der Waals surface area (Å²) < 4.78 is 6.25. The van der Waals surface area contributed by atoms with Crippen molar-refractivity contribution in [3.63, 3.8) is 0 Å². The zero-order valence-corrected chi connectivity index (χ0v) is 27.8. The zero-order chi connectivity index (χ0) is 34.9. The molecule has 1 N–H and O–H groups in total. The van der Waals surface area contributed by atoms with Gasteiger partial charge in [-0.2, -0.15) is 0 Å². The van der Waals surface area contributed by atoms with Crippen molar-refractivity contribution in [3.8, 4) is 85.0 Å². The van der Waals surface area contributed by atoms with Gasteiger partial charge in [0.05, 0.1) is 28.3 Å². The van der Waals surface area contributed by atoms with E-state index in [1.807, 2.05) is 170 Å². The number of oxazole rings is 1. The summed E-state index contributed by atoms with van der Waals surface area (Å²) in [6, 6.07) is 54.9. The number of fused-ring (bicyclic) bond motifs is 1. The van der Waals surface area contributed by atoms with Gasteiger partial charge >= 0.3 is 0 Å². The molecule has 0 radical (unpaired) electrons. The van der Waals surface area contributed by atoms with Crippen LogP contribution in [0.25, 0.3) is 90.4 Å². The first kappa shape index (κ1) is 30.8. The van der Waals surface area contributed by atoms with Crippen molar-refractivity contribution >= 4 is 11.1 Å². The van der Waals surface area contributed by atoms with E-state index in [0.717, 1.165) is 39.2 Å². The first-order valence-corrected chi connectivity index (χ1v) is 16.9. The molecule has 0 saturated heterocycles. The Bertz CT molecular complexity index is 2530. The minimum atomic E-state index is -0.0207. The molecule has 3 heterocycles. The number of phenolic OH excluding ortho intramolecular Hbond substituents is 1. The van der Waals surface area contributed by atoms with E-state index in [1.165, 1.54) is 0 Å². The SMILES string of the molecule is Oc1c(-c2cc(-c3ccccc3)nc(-c3ccccc3)n2)cc(-c2cc(-c3ccccc3)nc(-c3ccccc3)n2)cc1-c1nc2ccccc2o1. The van der Waals surface area contributed by atoms with Crippen LogP contribution in [0.3, 0.4) is 0 Å². The number of hydrogen-bond acceptors (Lipinski definition) is 7. The molecule has 0 atom stereocenters. The smallest absolute Gasteiger partial charge is 0.231 e. The fraction of sp³-hybridized carbons (Fsp3) is 0. The Hall–Kier alpha value is -7.25. The lowest BCUT2D eigenvalue weighted by Crippen LogP contribution is -1.98. The fourth-order valence-electron chi connectivity index (χ4n) is 6.25. The minimum absolute atomic E-state index is 0.0207. The molecule has 0 bridgehead atoms. The minimum Gasteiger partial charge on any atom is -0.506 e. The van der Waals surface area contributed by atoms with Crippen molar-refractivity contribution < 1.29 is 9.52 Å². The van der Waals surface area contributed by atoms with Crippen molar-refractivity contribution in [2.45, 2.75) is 0 Å². The number of benzene rings is 6. The summed E-state index contributed by atoms with van der Waals surface area (Å²) in [4.78, 5) is 24.9. The monoisotopic (exact) mass is 671 g/mol. The maximum atomic E-state index is 12.2. The lowest BCUT2D eigenvalue weighted by Gasteiger charge is -2.15. The molecular formula is C45H29N5O2. The average Bonchev–Trinajstić information content (AvgIpc) is 3.66. The molecule has 52 heavy (non-hydrogen) atoms. The van der Waals surface area contributed by atoms with Gasteiger partial charge in [-0.25, -0.2) is 24.9 Å². The van der Waals surface area contributed by atoms with Gasteiger partial charge in [0.25, 0.3) is 0 Å². The van der Waals surface area contributed by atoms with Crippen LogP contribution in [-0.4, -0.2) is 30.0 Å². The number of rotatable bonds is 7. The highest BCUT2D eigenvalue weighted by atomic mass is 16.3. The Morgan fingerprint density at radius 3 is 1.33 bits per heavy atom. The quantitative estimate of drug-likeness (QED) is 0.180. The largest absolute Gasteiger partial charge is 0.506 e. The number of phenols is 1. The molecule has 7 heteroatoms. The standard InChI is InChI=1S/C45H29N5O2/c51-42-34(40-28-38(30-17-7-2-8-18-30)47-44(49-40)32-21-11-4-12-22-32)25-33(26-35(42)45-50-36-23-13-14-24-41(36)52-45)39-27-37(29-15-5-1-6-16-29)46-43(48-39)31-19-9-3-10-20-31/h1-28,51H. The van der Waals surface area contributed by atoms with Crippen LogP contribution < -0.4 is 0 Å². The Morgan fingerprint density at radius 1 is 0.365 bits per heavy atom. The lowest BCUT2D eigenvalue weighted by atomic mass is 9.97. The van der Waals surface area contributed by atoms with Gasteiger partial charge < -0.3 is 9.52 Å². The van der Waals surface area contributed by atoms with Crippen molar-refractivity contribution in [2.75, 3.05) is 0 Å². The highest BCUT2D eigenvalue weighted by Gasteiger charge is 2.22. The molecule has 0 aliphatic rings. The molecule has 6 aromatic carbocycles. The van der Waals surface area contributed by atoms with Crippen LogP contribution in [0.4, 0.5) is 0 Å². The van der Waals surface area contributed by atoms with Crippen molar-refractivity contribution in [2.24, 2.45) is 0 Å². The number of aromatic hydroxyl groups is 1. The first-order chi connectivity index (χ1) is 25.7. The molecule has 3 aromatic heterocycles. The molecule has 7 nitrogen and oxygen atoms in total. The Morgan fingerprint density at radius 2 is 0.788 bits per heavy atom. The average molecular weight is 672 g/mol. The van der Waals surface area contributed by atoms with E-state index in [-0.39, 0.29) is 11.6 Å². The van der Waals surface area contributed by atoms with Gasteiger partial charge in [0.1, 0.15) is 11.3 Å². The van der Waals surface area contributed by atoms with Gasteiger partial charge in [-0.1, -0.05) is 133 Å². The summed E-state index contributed by atoms with van der Waals surface area (Å²) in [7, 11) is 0. The van der Waals surface area contributed by atoms with Crippen molar-refractivity contribution in [3.05, 3.63) is 170 Å². The van der Waals surface area contributed by atoms with Crippen LogP contribution >= 0.6 is 0 Å². The summed E-state index contributed by atoms with van der Waals surface area (Å²) in [5.74, 6) is 1.37. The summed E-state index contributed by atoms with van der Waals surface area (Å²) in [5.41, 5.74) is 9.21. The molecule has 0 spiro atoms. The molecule has 0 amide bonds. The van der Waals surface area contributed by atoms with Gasteiger partial charge in [-0.05, 0) is 36.4 Å². The third-order valence-corrected chi connectivity index (χ3v) is 8.86. The second-order valence-corrected chi connectivity index (χ2v) is 12.3. The normalized spacial score (nSPS) is 11.2. The molecule has 0 fully saturated rings. The summed E-state index contributed by atoms with van der Waals surface area (Å²) in [6.07, 6.45) is 0. The Balaban J connectivity index is 1.32. The topological polar surface area (TPSA) is 97.8 Å². The number of nitrogens with zero attached hydrogens (tertiary/aromatic N) is 5. The predicted octanol–water partition coefficient (Wildman–Crippen LogP) is 10.8. The second-order valence-electron chi connectivity index (χ2n) is 12.3. The molecule has 0 unspecified atom stereocenters. The Kier molecular flexibility index (Phi) is 7.83. The van der Waals surface area contributed by atoms with Gasteiger partial charge in [0, 0.05) is 33.4 Å². The van der Waals surface area contributed by atoms with Crippen LogP contribution in [0.15, 0.2) is 174 Å². The van der Waals surface area contributed by atoms with Crippen LogP contribution in [-0.2, 0) is 0 Å². The first-order valence-electron chi connectivity index (χ1n) is 16.9. The third kappa shape index (κ3) is 5.97. The highest BCUT2D eigenvalue weighted by Crippen LogP contribution is 2.43. The zero-order valence-electron chi connectivity index (χ0n) is 27.8. The van der Waals surface area contributed by atoms with Crippen molar-refractivity contribution in [1.82, 2.24) is 24.9 Å². The van der Waals surface area contributed by atoms with Gasteiger partial charge in [-0.3, -0.25) is 0 Å². The van der Waals surface area contributed by atoms with E-state index in [2.05, 4.69) is 0 Å². The van der Waals surface area contributed by atoms with Gasteiger partial charge in [0.15, 0.2) is 17.2 Å². The molecule has 246 valence electrons.